The summed E-state index contributed by atoms with van der Waals surface area (Å²) in [5, 5.41) is 9.08. The molecule has 0 saturated carbocycles. The third kappa shape index (κ3) is 6.06. The van der Waals surface area contributed by atoms with Crippen LogP contribution in [-0.4, -0.2) is 23.4 Å². The zero-order valence-corrected chi connectivity index (χ0v) is 11.8. The summed E-state index contributed by atoms with van der Waals surface area (Å²) in [4.78, 5) is 11.7. The van der Waals surface area contributed by atoms with Crippen molar-refractivity contribution in [2.75, 3.05) is 0 Å². The number of hydrogen-bond donors (Lipinski definition) is 1. The maximum atomic E-state index is 12.9. The first-order valence-electron chi connectivity index (χ1n) is 6.91. The minimum atomic E-state index is -4.57. The molecule has 0 unspecified atom stereocenters. The summed E-state index contributed by atoms with van der Waals surface area (Å²) in [5.41, 5.74) is -0.0180. The predicted molar refractivity (Wildman–Crippen MR) is 72.1 cm³/mol. The van der Waals surface area contributed by atoms with Crippen LogP contribution in [0.4, 0.5) is 13.2 Å². The van der Waals surface area contributed by atoms with Gasteiger partial charge >= 0.3 is 12.1 Å². The topological polar surface area (TPSA) is 46.5 Å². The summed E-state index contributed by atoms with van der Waals surface area (Å²) in [5.74, 6) is -1.11. The molecule has 3 nitrogen and oxygen atoms in total. The van der Waals surface area contributed by atoms with Gasteiger partial charge in [0.1, 0.15) is 5.75 Å². The Balaban J connectivity index is 2.63. The van der Waals surface area contributed by atoms with Crippen LogP contribution >= 0.6 is 0 Å². The van der Waals surface area contributed by atoms with Crippen molar-refractivity contribution in [3.63, 3.8) is 0 Å². The highest BCUT2D eigenvalue weighted by atomic mass is 19.4. The van der Waals surface area contributed by atoms with E-state index in [9.17, 15) is 18.0 Å². The Labute approximate surface area is 121 Å². The van der Waals surface area contributed by atoms with Gasteiger partial charge in [-0.2, -0.15) is 13.2 Å². The van der Waals surface area contributed by atoms with E-state index in [0.717, 1.165) is 12.8 Å². The second kappa shape index (κ2) is 7.90. The molecule has 0 saturated heterocycles. The zero-order valence-electron chi connectivity index (χ0n) is 11.8. The minimum absolute atomic E-state index is 0.0180. The molecule has 1 aromatic carbocycles. The summed E-state index contributed by atoms with van der Waals surface area (Å²) in [6.45, 7) is 1.96. The lowest BCUT2D eigenvalue weighted by atomic mass is 10.1. The van der Waals surface area contributed by atoms with Gasteiger partial charge in [-0.3, -0.25) is 0 Å². The molecule has 118 valence electrons. The number of carbonyl (C=O) groups excluding carboxylic acids is 1. The summed E-state index contributed by atoms with van der Waals surface area (Å²) < 4.78 is 43.1. The fourth-order valence-corrected chi connectivity index (χ4v) is 1.84. The number of alkyl halides is 3. The van der Waals surface area contributed by atoms with E-state index >= 15 is 0 Å². The smallest absolute Gasteiger partial charge is 0.425 e. The van der Waals surface area contributed by atoms with E-state index in [0.29, 0.717) is 12.8 Å². The lowest BCUT2D eigenvalue weighted by Gasteiger charge is -2.20. The van der Waals surface area contributed by atoms with Crippen molar-refractivity contribution in [2.24, 2.45) is 0 Å². The highest BCUT2D eigenvalue weighted by Crippen LogP contribution is 2.28. The number of benzene rings is 1. The van der Waals surface area contributed by atoms with Gasteiger partial charge in [0.05, 0.1) is 5.56 Å². The van der Waals surface area contributed by atoms with Crippen LogP contribution in [0.2, 0.25) is 0 Å². The minimum Gasteiger partial charge on any atom is -0.508 e. The molecule has 0 aromatic heterocycles. The van der Waals surface area contributed by atoms with E-state index in [1.165, 1.54) is 24.3 Å². The molecule has 0 bridgehead atoms. The molecule has 0 fully saturated rings. The Hall–Kier alpha value is -1.72. The van der Waals surface area contributed by atoms with Crippen LogP contribution in [0.5, 0.6) is 5.75 Å². The number of phenolic OH excluding ortho intramolecular Hbond substituents is 1. The SMILES string of the molecule is CCCCCC[C@H](OC(=O)c1ccc(O)cc1)C(F)(F)F. The van der Waals surface area contributed by atoms with Gasteiger partial charge in [0.2, 0.25) is 0 Å². The largest absolute Gasteiger partial charge is 0.508 e. The molecule has 0 aliphatic heterocycles. The van der Waals surface area contributed by atoms with E-state index in [1.807, 2.05) is 6.92 Å². The van der Waals surface area contributed by atoms with Crippen molar-refractivity contribution >= 4 is 5.97 Å². The van der Waals surface area contributed by atoms with E-state index in [1.54, 1.807) is 0 Å². The molecule has 1 atom stereocenters. The first kappa shape index (κ1) is 17.3. The van der Waals surface area contributed by atoms with Gasteiger partial charge in [-0.1, -0.05) is 26.2 Å². The Morgan fingerprint density at radius 2 is 1.81 bits per heavy atom. The Morgan fingerprint density at radius 1 is 1.19 bits per heavy atom. The van der Waals surface area contributed by atoms with Crippen molar-refractivity contribution in [1.29, 1.82) is 0 Å². The molecule has 0 aliphatic carbocycles. The van der Waals surface area contributed by atoms with Crippen LogP contribution in [-0.2, 0) is 4.74 Å². The van der Waals surface area contributed by atoms with Gasteiger partial charge in [0.25, 0.3) is 0 Å². The Bertz CT molecular complexity index is 440. The third-order valence-electron chi connectivity index (χ3n) is 3.04. The monoisotopic (exact) mass is 304 g/mol. The second-order valence-corrected chi connectivity index (χ2v) is 4.83. The van der Waals surface area contributed by atoms with E-state index < -0.39 is 18.2 Å². The van der Waals surface area contributed by atoms with Gasteiger partial charge in [-0.05, 0) is 37.1 Å². The number of unbranched alkanes of at least 4 members (excludes halogenated alkanes) is 3. The van der Waals surface area contributed by atoms with Crippen LogP contribution in [0.15, 0.2) is 24.3 Å². The molecule has 0 aliphatic rings. The summed E-state index contributed by atoms with van der Waals surface area (Å²) >= 11 is 0. The highest BCUT2D eigenvalue weighted by molar-refractivity contribution is 5.89. The lowest BCUT2D eigenvalue weighted by Crippen LogP contribution is -2.33. The number of carbonyl (C=O) groups is 1. The quantitative estimate of drug-likeness (QED) is 0.598. The third-order valence-corrected chi connectivity index (χ3v) is 3.04. The van der Waals surface area contributed by atoms with Gasteiger partial charge < -0.3 is 9.84 Å². The molecule has 1 aromatic rings. The number of rotatable bonds is 7. The number of hydrogen-bond acceptors (Lipinski definition) is 3. The van der Waals surface area contributed by atoms with Crippen LogP contribution in [0.3, 0.4) is 0 Å². The van der Waals surface area contributed by atoms with Crippen LogP contribution in [0.1, 0.15) is 49.4 Å². The molecule has 6 heteroatoms. The standard InChI is InChI=1S/C15H19F3O3/c1-2-3-4-5-6-13(15(16,17)18)21-14(20)11-7-9-12(19)10-8-11/h7-10,13,19H,2-6H2,1H3/t13-/m0/s1. The summed E-state index contributed by atoms with van der Waals surface area (Å²) in [7, 11) is 0. The molecule has 0 radical (unpaired) electrons. The molecule has 0 heterocycles. The zero-order chi connectivity index (χ0) is 15.9. The van der Waals surface area contributed by atoms with Gasteiger partial charge in [-0.25, -0.2) is 4.79 Å². The van der Waals surface area contributed by atoms with Crippen LogP contribution < -0.4 is 0 Å². The molecule has 1 rings (SSSR count). The highest BCUT2D eigenvalue weighted by Gasteiger charge is 2.42. The van der Waals surface area contributed by atoms with Crippen molar-refractivity contribution in [2.45, 2.75) is 51.3 Å². The molecule has 1 N–H and O–H groups in total. The predicted octanol–water partition coefficient (Wildman–Crippen LogP) is 4.45. The van der Waals surface area contributed by atoms with Gasteiger partial charge in [0, 0.05) is 0 Å². The van der Waals surface area contributed by atoms with Crippen molar-refractivity contribution in [1.82, 2.24) is 0 Å². The van der Waals surface area contributed by atoms with Gasteiger partial charge in [0.15, 0.2) is 6.10 Å². The molecular formula is C15H19F3O3. The Kier molecular flexibility index (Phi) is 6.52. The van der Waals surface area contributed by atoms with Crippen LogP contribution in [0, 0.1) is 0 Å². The molecule has 0 amide bonds. The molecule has 0 spiro atoms. The fourth-order valence-electron chi connectivity index (χ4n) is 1.84. The number of halogens is 3. The first-order valence-corrected chi connectivity index (χ1v) is 6.91. The van der Waals surface area contributed by atoms with E-state index in [-0.39, 0.29) is 17.7 Å². The first-order chi connectivity index (χ1) is 9.84. The summed E-state index contributed by atoms with van der Waals surface area (Å²) in [6.07, 6.45) is -4.07. The maximum absolute atomic E-state index is 12.9. The average molecular weight is 304 g/mol. The van der Waals surface area contributed by atoms with Crippen molar-refractivity contribution in [3.05, 3.63) is 29.8 Å². The number of phenols is 1. The fraction of sp³-hybridized carbons (Fsp3) is 0.533. The normalized spacial score (nSPS) is 13.0. The second-order valence-electron chi connectivity index (χ2n) is 4.83. The summed E-state index contributed by atoms with van der Waals surface area (Å²) in [6, 6.07) is 4.89. The molecule has 21 heavy (non-hydrogen) atoms. The number of aromatic hydroxyl groups is 1. The lowest BCUT2D eigenvalue weighted by molar-refractivity contribution is -0.206. The maximum Gasteiger partial charge on any atom is 0.425 e. The number of ether oxygens (including phenoxy) is 1. The molecular weight excluding hydrogens is 285 g/mol. The van der Waals surface area contributed by atoms with Crippen LogP contribution in [0.25, 0.3) is 0 Å². The van der Waals surface area contributed by atoms with E-state index in [4.69, 9.17) is 5.11 Å². The van der Waals surface area contributed by atoms with Crippen molar-refractivity contribution < 1.29 is 27.8 Å². The average Bonchev–Trinajstić information content (AvgIpc) is 2.41. The van der Waals surface area contributed by atoms with E-state index in [2.05, 4.69) is 4.74 Å². The van der Waals surface area contributed by atoms with Gasteiger partial charge in [-0.15, -0.1) is 0 Å². The van der Waals surface area contributed by atoms with Crippen molar-refractivity contribution in [3.8, 4) is 5.75 Å². The number of esters is 1. The Morgan fingerprint density at radius 3 is 2.33 bits per heavy atom.